The van der Waals surface area contributed by atoms with E-state index in [1.807, 2.05) is 13.8 Å². The first-order valence-corrected chi connectivity index (χ1v) is 14.2. The van der Waals surface area contributed by atoms with Gasteiger partial charge in [-0.25, -0.2) is 14.2 Å². The Morgan fingerprint density at radius 2 is 1.90 bits per heavy atom. The van der Waals surface area contributed by atoms with Crippen LogP contribution < -0.4 is 9.47 Å². The third-order valence-electron chi connectivity index (χ3n) is 5.67. The van der Waals surface area contributed by atoms with Gasteiger partial charge in [0.25, 0.3) is 0 Å². The third-order valence-corrected chi connectivity index (χ3v) is 7.26. The van der Waals surface area contributed by atoms with Gasteiger partial charge in [-0.3, -0.25) is 4.90 Å². The predicted molar refractivity (Wildman–Crippen MR) is 152 cm³/mol. The van der Waals surface area contributed by atoms with E-state index in [0.717, 1.165) is 0 Å². The first kappa shape index (κ1) is 30.2. The molecule has 0 radical (unpaired) electrons. The Balaban J connectivity index is 1.49. The number of carbonyl (C=O) groups is 1. The third kappa shape index (κ3) is 6.94. The van der Waals surface area contributed by atoms with Crippen molar-refractivity contribution < 1.29 is 28.1 Å². The Labute approximate surface area is 246 Å². The van der Waals surface area contributed by atoms with E-state index >= 15 is 4.39 Å². The summed E-state index contributed by atoms with van der Waals surface area (Å²) in [6.45, 7) is 12.8. The SMILES string of the molecule is CC(C)Oc1ncc(-c2nnc(-c3cc(F)c(OC[C@H]4COC(C)(C)N4C(=O)OC(C)(C)C)cc3Cl)s2)cc1Cl. The van der Waals surface area contributed by atoms with Crippen LogP contribution in [0.2, 0.25) is 10.0 Å². The molecule has 1 atom stereocenters. The zero-order valence-electron chi connectivity index (χ0n) is 23.3. The van der Waals surface area contributed by atoms with Gasteiger partial charge in [-0.2, -0.15) is 0 Å². The van der Waals surface area contributed by atoms with Gasteiger partial charge in [-0.05, 0) is 60.6 Å². The molecule has 2 aromatic heterocycles. The summed E-state index contributed by atoms with van der Waals surface area (Å²) in [4.78, 5) is 18.6. The molecule has 9 nitrogen and oxygen atoms in total. The highest BCUT2D eigenvalue weighted by atomic mass is 35.5. The number of halogens is 3. The number of carbonyl (C=O) groups excluding carboxylic acids is 1. The first-order valence-electron chi connectivity index (χ1n) is 12.6. The van der Waals surface area contributed by atoms with E-state index in [-0.39, 0.29) is 30.1 Å². The number of benzene rings is 1. The van der Waals surface area contributed by atoms with Crippen molar-refractivity contribution >= 4 is 40.6 Å². The largest absolute Gasteiger partial charge is 0.488 e. The summed E-state index contributed by atoms with van der Waals surface area (Å²) in [5.41, 5.74) is -0.601. The lowest BCUT2D eigenvalue weighted by molar-refractivity contribution is -0.0637. The number of nitrogens with zero attached hydrogens (tertiary/aromatic N) is 4. The van der Waals surface area contributed by atoms with Crippen LogP contribution in [0, 0.1) is 5.82 Å². The molecule has 1 aliphatic heterocycles. The molecule has 3 heterocycles. The van der Waals surface area contributed by atoms with Crippen LogP contribution in [0.15, 0.2) is 24.4 Å². The van der Waals surface area contributed by atoms with Crippen molar-refractivity contribution in [2.75, 3.05) is 13.2 Å². The summed E-state index contributed by atoms with van der Waals surface area (Å²) < 4.78 is 37.8. The van der Waals surface area contributed by atoms with E-state index < -0.39 is 29.3 Å². The normalized spacial score (nSPS) is 16.9. The van der Waals surface area contributed by atoms with E-state index in [1.165, 1.54) is 28.4 Å². The van der Waals surface area contributed by atoms with Crippen LogP contribution in [-0.2, 0) is 9.47 Å². The van der Waals surface area contributed by atoms with Crippen molar-refractivity contribution in [2.24, 2.45) is 0 Å². The maximum Gasteiger partial charge on any atom is 0.413 e. The molecule has 0 saturated carbocycles. The summed E-state index contributed by atoms with van der Waals surface area (Å²) in [7, 11) is 0. The average molecular weight is 614 g/mol. The Kier molecular flexibility index (Phi) is 8.79. The van der Waals surface area contributed by atoms with Gasteiger partial charge in [-0.15, -0.1) is 10.2 Å². The monoisotopic (exact) mass is 612 g/mol. The number of rotatable bonds is 7. The van der Waals surface area contributed by atoms with Crippen molar-refractivity contribution in [1.82, 2.24) is 20.1 Å². The highest BCUT2D eigenvalue weighted by Gasteiger charge is 2.46. The van der Waals surface area contributed by atoms with Gasteiger partial charge < -0.3 is 18.9 Å². The summed E-state index contributed by atoms with van der Waals surface area (Å²) in [6, 6.07) is 3.81. The molecule has 216 valence electrons. The Bertz CT molecular complexity index is 1400. The molecule has 40 heavy (non-hydrogen) atoms. The number of amides is 1. The molecule has 0 bridgehead atoms. The molecule has 3 aromatic rings. The van der Waals surface area contributed by atoms with Crippen LogP contribution in [-0.4, -0.2) is 62.9 Å². The molecule has 0 aliphatic carbocycles. The van der Waals surface area contributed by atoms with Gasteiger partial charge in [-0.1, -0.05) is 34.5 Å². The molecule has 4 rings (SSSR count). The molecule has 1 amide bonds. The fourth-order valence-electron chi connectivity index (χ4n) is 3.98. The standard InChI is InChI=1S/C27H31Cl2FN4O5S/c1-14(2)38-22-19(29)8-15(11-31-22)23-32-33-24(40-23)17-9-20(30)21(10-18(17)28)36-12-16-13-37-27(6,7)34(16)25(35)39-26(3,4)5/h8-11,14,16H,12-13H2,1-7H3/t16-/m0/s1. The molecule has 1 aromatic carbocycles. The Hall–Kier alpha value is -2.73. The van der Waals surface area contributed by atoms with Gasteiger partial charge in [0.2, 0.25) is 5.88 Å². The highest BCUT2D eigenvalue weighted by Crippen LogP contribution is 2.38. The Morgan fingerprint density at radius 1 is 1.20 bits per heavy atom. The van der Waals surface area contributed by atoms with Crippen LogP contribution >= 0.6 is 34.5 Å². The van der Waals surface area contributed by atoms with Gasteiger partial charge in [0.15, 0.2) is 11.6 Å². The lowest BCUT2D eigenvalue weighted by Crippen LogP contribution is -2.51. The van der Waals surface area contributed by atoms with Gasteiger partial charge in [0.1, 0.15) is 33.0 Å². The quantitative estimate of drug-likeness (QED) is 0.275. The zero-order chi connectivity index (χ0) is 29.4. The second kappa shape index (κ2) is 11.6. The number of aromatic nitrogens is 3. The van der Waals surface area contributed by atoms with E-state index in [4.69, 9.17) is 42.1 Å². The van der Waals surface area contributed by atoms with E-state index in [9.17, 15) is 4.79 Å². The second-order valence-corrected chi connectivity index (χ2v) is 12.7. The lowest BCUT2D eigenvalue weighted by Gasteiger charge is -2.35. The molecule has 13 heteroatoms. The van der Waals surface area contributed by atoms with Gasteiger partial charge >= 0.3 is 6.09 Å². The summed E-state index contributed by atoms with van der Waals surface area (Å²) in [5.74, 6) is -0.380. The summed E-state index contributed by atoms with van der Waals surface area (Å²) >= 11 is 14.0. The predicted octanol–water partition coefficient (Wildman–Crippen LogP) is 7.25. The van der Waals surface area contributed by atoms with E-state index in [0.29, 0.717) is 32.0 Å². The lowest BCUT2D eigenvalue weighted by atomic mass is 10.2. The maximum absolute atomic E-state index is 15.1. The summed E-state index contributed by atoms with van der Waals surface area (Å²) in [6.07, 6.45) is 0.972. The number of ether oxygens (including phenoxy) is 4. The molecule has 1 fully saturated rings. The second-order valence-electron chi connectivity index (χ2n) is 10.9. The molecule has 0 spiro atoms. The molecule has 0 N–H and O–H groups in total. The van der Waals surface area contributed by atoms with Crippen molar-refractivity contribution in [3.63, 3.8) is 0 Å². The van der Waals surface area contributed by atoms with Crippen LogP contribution in [0.25, 0.3) is 21.1 Å². The molecule has 1 aliphatic rings. The fraction of sp³-hybridized carbons (Fsp3) is 0.481. The Morgan fingerprint density at radius 3 is 2.55 bits per heavy atom. The fourth-order valence-corrected chi connectivity index (χ4v) is 5.34. The average Bonchev–Trinajstić information content (AvgIpc) is 3.43. The first-order chi connectivity index (χ1) is 18.6. The van der Waals surface area contributed by atoms with Crippen LogP contribution in [0.3, 0.4) is 0 Å². The topological polar surface area (TPSA) is 95.9 Å². The van der Waals surface area contributed by atoms with Crippen LogP contribution in [0.5, 0.6) is 11.6 Å². The van der Waals surface area contributed by atoms with Crippen LogP contribution in [0.1, 0.15) is 48.5 Å². The molecular weight excluding hydrogens is 582 g/mol. The van der Waals surface area contributed by atoms with Crippen molar-refractivity contribution in [3.05, 3.63) is 40.3 Å². The van der Waals surface area contributed by atoms with Crippen molar-refractivity contribution in [1.29, 1.82) is 0 Å². The highest BCUT2D eigenvalue weighted by molar-refractivity contribution is 7.18. The summed E-state index contributed by atoms with van der Waals surface area (Å²) in [5, 5.41) is 9.88. The van der Waals surface area contributed by atoms with Crippen molar-refractivity contribution in [3.8, 4) is 32.8 Å². The molecule has 0 unspecified atom stereocenters. The maximum atomic E-state index is 15.1. The number of hydrogen-bond donors (Lipinski definition) is 0. The van der Waals surface area contributed by atoms with Crippen molar-refractivity contribution in [2.45, 2.75) is 71.9 Å². The molecular formula is C27H31Cl2FN4O5S. The number of pyridine rings is 1. The molecule has 1 saturated heterocycles. The van der Waals surface area contributed by atoms with Gasteiger partial charge in [0, 0.05) is 23.4 Å². The van der Waals surface area contributed by atoms with E-state index in [1.54, 1.807) is 46.9 Å². The van der Waals surface area contributed by atoms with E-state index in [2.05, 4.69) is 15.2 Å². The smallest absolute Gasteiger partial charge is 0.413 e. The minimum atomic E-state index is -0.909. The van der Waals surface area contributed by atoms with Gasteiger partial charge in [0.05, 0.1) is 23.8 Å². The zero-order valence-corrected chi connectivity index (χ0v) is 25.6. The van der Waals surface area contributed by atoms with Crippen LogP contribution in [0.4, 0.5) is 9.18 Å². The minimum Gasteiger partial charge on any atom is -0.488 e. The minimum absolute atomic E-state index is 0.0253. The number of hydrogen-bond acceptors (Lipinski definition) is 9.